The maximum Gasteiger partial charge on any atom is 0.311 e. The molecule has 0 spiro atoms. The van der Waals surface area contributed by atoms with Gasteiger partial charge < -0.3 is 10.2 Å². The highest BCUT2D eigenvalue weighted by atomic mass is 16.4. The van der Waals surface area contributed by atoms with Crippen molar-refractivity contribution in [1.29, 1.82) is 0 Å². The van der Waals surface area contributed by atoms with Crippen molar-refractivity contribution in [3.8, 4) is 16.9 Å². The average Bonchev–Trinajstić information content (AvgIpc) is 2.30. The molecule has 5 heteroatoms. The quantitative estimate of drug-likeness (QED) is 0.834. The number of nitrogens with zero attached hydrogens (tertiary/aromatic N) is 2. The van der Waals surface area contributed by atoms with Crippen molar-refractivity contribution >= 4 is 5.97 Å². The van der Waals surface area contributed by atoms with Gasteiger partial charge in [-0.2, -0.15) is 0 Å². The number of rotatable bonds is 3. The summed E-state index contributed by atoms with van der Waals surface area (Å²) in [6.45, 7) is 0. The number of hydrogen-bond acceptors (Lipinski definition) is 4. The molecule has 86 valence electrons. The molecule has 0 bridgehead atoms. The van der Waals surface area contributed by atoms with Crippen molar-refractivity contribution in [2.24, 2.45) is 0 Å². The van der Waals surface area contributed by atoms with Crippen molar-refractivity contribution in [2.45, 2.75) is 6.42 Å². The fourth-order valence-electron chi connectivity index (χ4n) is 1.44. The Morgan fingerprint density at radius 2 is 1.82 bits per heavy atom. The molecule has 0 aliphatic rings. The SMILES string of the molecule is O=C(O)Cc1ncc(-c2ccccc2O)cn1. The number of carbonyl (C=O) groups is 1. The van der Waals surface area contributed by atoms with Crippen LogP contribution in [-0.2, 0) is 11.2 Å². The molecule has 0 amide bonds. The second-order valence-corrected chi connectivity index (χ2v) is 3.48. The first-order valence-corrected chi connectivity index (χ1v) is 4.98. The van der Waals surface area contributed by atoms with Gasteiger partial charge in [0.25, 0.3) is 0 Å². The van der Waals surface area contributed by atoms with Gasteiger partial charge in [0.05, 0.1) is 0 Å². The fraction of sp³-hybridized carbons (Fsp3) is 0.0833. The molecule has 1 aromatic carbocycles. The number of carboxylic acids is 1. The van der Waals surface area contributed by atoms with E-state index in [0.717, 1.165) is 0 Å². The van der Waals surface area contributed by atoms with E-state index in [1.807, 2.05) is 0 Å². The van der Waals surface area contributed by atoms with Crippen LogP contribution in [0, 0.1) is 0 Å². The van der Waals surface area contributed by atoms with Crippen LogP contribution in [-0.4, -0.2) is 26.2 Å². The van der Waals surface area contributed by atoms with Crippen LogP contribution in [0.25, 0.3) is 11.1 Å². The van der Waals surface area contributed by atoms with Crippen LogP contribution in [0.1, 0.15) is 5.82 Å². The lowest BCUT2D eigenvalue weighted by Gasteiger charge is -2.03. The molecule has 0 aliphatic heterocycles. The molecule has 0 saturated heterocycles. The number of para-hydroxylation sites is 1. The number of aromatic nitrogens is 2. The molecule has 0 unspecified atom stereocenters. The second kappa shape index (κ2) is 4.61. The minimum absolute atomic E-state index is 0.141. The van der Waals surface area contributed by atoms with E-state index in [9.17, 15) is 9.90 Å². The summed E-state index contributed by atoms with van der Waals surface area (Å²) in [5.74, 6) is -0.584. The number of aliphatic carboxylic acids is 1. The molecule has 2 rings (SSSR count). The van der Waals surface area contributed by atoms with Crippen LogP contribution < -0.4 is 0 Å². The Bertz CT molecular complexity index is 538. The largest absolute Gasteiger partial charge is 0.507 e. The standard InChI is InChI=1S/C12H10N2O3/c15-10-4-2-1-3-9(10)8-6-13-11(14-7-8)5-12(16)17/h1-4,6-7,15H,5H2,(H,16,17). The first-order chi connectivity index (χ1) is 8.16. The van der Waals surface area contributed by atoms with Gasteiger partial charge in [-0.1, -0.05) is 18.2 Å². The Balaban J connectivity index is 2.30. The Morgan fingerprint density at radius 1 is 1.18 bits per heavy atom. The van der Waals surface area contributed by atoms with E-state index in [0.29, 0.717) is 11.1 Å². The molecule has 0 aliphatic carbocycles. The highest BCUT2D eigenvalue weighted by molar-refractivity contribution is 5.70. The molecule has 0 saturated carbocycles. The number of benzene rings is 1. The van der Waals surface area contributed by atoms with E-state index in [-0.39, 0.29) is 18.0 Å². The molecule has 17 heavy (non-hydrogen) atoms. The lowest BCUT2D eigenvalue weighted by Crippen LogP contribution is -2.04. The van der Waals surface area contributed by atoms with Gasteiger partial charge in [0, 0.05) is 23.5 Å². The highest BCUT2D eigenvalue weighted by Gasteiger charge is 2.06. The minimum Gasteiger partial charge on any atom is -0.507 e. The Kier molecular flexibility index (Phi) is 3.00. The van der Waals surface area contributed by atoms with Crippen molar-refractivity contribution in [3.63, 3.8) is 0 Å². The Morgan fingerprint density at radius 3 is 2.41 bits per heavy atom. The zero-order valence-electron chi connectivity index (χ0n) is 8.87. The van der Waals surface area contributed by atoms with Crippen molar-refractivity contribution in [1.82, 2.24) is 9.97 Å². The van der Waals surface area contributed by atoms with Crippen molar-refractivity contribution < 1.29 is 15.0 Å². The average molecular weight is 230 g/mol. The zero-order chi connectivity index (χ0) is 12.3. The van der Waals surface area contributed by atoms with E-state index >= 15 is 0 Å². The lowest BCUT2D eigenvalue weighted by molar-refractivity contribution is -0.136. The van der Waals surface area contributed by atoms with Gasteiger partial charge in [0.2, 0.25) is 0 Å². The smallest absolute Gasteiger partial charge is 0.311 e. The molecular formula is C12H10N2O3. The summed E-state index contributed by atoms with van der Waals surface area (Å²) in [6.07, 6.45) is 2.79. The fourth-order valence-corrected chi connectivity index (χ4v) is 1.44. The van der Waals surface area contributed by atoms with Crippen LogP contribution in [0.5, 0.6) is 5.75 Å². The number of phenolic OH excluding ortho intramolecular Hbond substituents is 1. The second-order valence-electron chi connectivity index (χ2n) is 3.48. The lowest BCUT2D eigenvalue weighted by atomic mass is 10.1. The number of aromatic hydroxyl groups is 1. The van der Waals surface area contributed by atoms with E-state index in [1.54, 1.807) is 24.3 Å². The third-order valence-electron chi connectivity index (χ3n) is 2.23. The van der Waals surface area contributed by atoms with Gasteiger partial charge >= 0.3 is 5.97 Å². The molecule has 1 heterocycles. The summed E-state index contributed by atoms with van der Waals surface area (Å²) in [5, 5.41) is 18.2. The summed E-state index contributed by atoms with van der Waals surface area (Å²) >= 11 is 0. The molecule has 0 atom stereocenters. The zero-order valence-corrected chi connectivity index (χ0v) is 8.87. The predicted octanol–water partition coefficient (Wildman–Crippen LogP) is 1.48. The van der Waals surface area contributed by atoms with Gasteiger partial charge in [-0.25, -0.2) is 9.97 Å². The predicted molar refractivity (Wildman–Crippen MR) is 60.5 cm³/mol. The summed E-state index contributed by atoms with van der Waals surface area (Å²) in [4.78, 5) is 18.3. The van der Waals surface area contributed by atoms with E-state index in [1.165, 1.54) is 12.4 Å². The first kappa shape index (κ1) is 11.1. The van der Waals surface area contributed by atoms with Crippen molar-refractivity contribution in [3.05, 3.63) is 42.5 Å². The first-order valence-electron chi connectivity index (χ1n) is 4.98. The summed E-state index contributed by atoms with van der Waals surface area (Å²) in [7, 11) is 0. The number of carboxylic acid groups (broad SMARTS) is 1. The molecule has 1 aromatic heterocycles. The van der Waals surface area contributed by atoms with Crippen LogP contribution in [0.3, 0.4) is 0 Å². The van der Waals surface area contributed by atoms with Crippen LogP contribution >= 0.6 is 0 Å². The molecule has 5 nitrogen and oxygen atoms in total. The third-order valence-corrected chi connectivity index (χ3v) is 2.23. The van der Waals surface area contributed by atoms with Gasteiger partial charge in [-0.15, -0.1) is 0 Å². The Labute approximate surface area is 97.4 Å². The molecule has 0 fully saturated rings. The van der Waals surface area contributed by atoms with Crippen LogP contribution in [0.2, 0.25) is 0 Å². The normalized spacial score (nSPS) is 10.1. The maximum atomic E-state index is 10.5. The molecule has 2 aromatic rings. The van der Waals surface area contributed by atoms with Gasteiger partial charge in [0.1, 0.15) is 18.0 Å². The molecule has 0 radical (unpaired) electrons. The van der Waals surface area contributed by atoms with Gasteiger partial charge in [-0.05, 0) is 6.07 Å². The molecule has 2 N–H and O–H groups in total. The summed E-state index contributed by atoms with van der Waals surface area (Å²) in [6, 6.07) is 6.82. The van der Waals surface area contributed by atoms with E-state index in [2.05, 4.69) is 9.97 Å². The topological polar surface area (TPSA) is 83.3 Å². The van der Waals surface area contributed by atoms with E-state index < -0.39 is 5.97 Å². The number of phenols is 1. The summed E-state index contributed by atoms with van der Waals surface area (Å²) < 4.78 is 0. The molecular weight excluding hydrogens is 220 g/mol. The highest BCUT2D eigenvalue weighted by Crippen LogP contribution is 2.27. The van der Waals surface area contributed by atoms with Crippen LogP contribution in [0.15, 0.2) is 36.7 Å². The van der Waals surface area contributed by atoms with E-state index in [4.69, 9.17) is 5.11 Å². The van der Waals surface area contributed by atoms with Gasteiger partial charge in [0.15, 0.2) is 0 Å². The van der Waals surface area contributed by atoms with Crippen molar-refractivity contribution in [2.75, 3.05) is 0 Å². The minimum atomic E-state index is -0.972. The third kappa shape index (κ3) is 2.57. The monoisotopic (exact) mass is 230 g/mol. The Hall–Kier alpha value is -2.43. The summed E-state index contributed by atoms with van der Waals surface area (Å²) in [5.41, 5.74) is 1.27. The maximum absolute atomic E-state index is 10.5. The van der Waals surface area contributed by atoms with Gasteiger partial charge in [-0.3, -0.25) is 4.79 Å². The number of hydrogen-bond donors (Lipinski definition) is 2. The van der Waals surface area contributed by atoms with Crippen LogP contribution in [0.4, 0.5) is 0 Å².